The number of carbonyl (C=O) groups is 1. The molecule has 0 bridgehead atoms. The zero-order chi connectivity index (χ0) is 20.8. The SMILES string of the molecule is O=C(CN1CCC(c2ccccc2)CC1)N1CCC[C@@](CO)(Cc2ccccc2)C1. The summed E-state index contributed by atoms with van der Waals surface area (Å²) in [5.41, 5.74) is 2.45. The van der Waals surface area contributed by atoms with Crippen LogP contribution in [0.1, 0.15) is 42.7 Å². The number of hydrogen-bond acceptors (Lipinski definition) is 3. The third-order valence-corrected chi connectivity index (χ3v) is 6.99. The predicted molar refractivity (Wildman–Crippen MR) is 120 cm³/mol. The third kappa shape index (κ3) is 5.11. The van der Waals surface area contributed by atoms with Crippen LogP contribution in [0, 0.1) is 5.41 Å². The summed E-state index contributed by atoms with van der Waals surface area (Å²) >= 11 is 0. The molecule has 0 aromatic heterocycles. The van der Waals surface area contributed by atoms with Crippen molar-refractivity contribution in [1.82, 2.24) is 9.80 Å². The van der Waals surface area contributed by atoms with Gasteiger partial charge in [-0.3, -0.25) is 9.69 Å². The number of likely N-dealkylation sites (tertiary alicyclic amines) is 2. The van der Waals surface area contributed by atoms with Crippen LogP contribution < -0.4 is 0 Å². The van der Waals surface area contributed by atoms with Crippen molar-refractivity contribution in [3.8, 4) is 0 Å². The highest BCUT2D eigenvalue weighted by molar-refractivity contribution is 5.78. The fourth-order valence-corrected chi connectivity index (χ4v) is 5.22. The van der Waals surface area contributed by atoms with Crippen LogP contribution in [0.25, 0.3) is 0 Å². The van der Waals surface area contributed by atoms with Crippen LogP contribution in [-0.2, 0) is 11.2 Å². The Morgan fingerprint density at radius 3 is 2.30 bits per heavy atom. The molecular formula is C26H34N2O2. The molecule has 0 saturated carbocycles. The van der Waals surface area contributed by atoms with Gasteiger partial charge >= 0.3 is 0 Å². The molecule has 4 nitrogen and oxygen atoms in total. The van der Waals surface area contributed by atoms with Gasteiger partial charge in [0.1, 0.15) is 0 Å². The lowest BCUT2D eigenvalue weighted by atomic mass is 9.75. The minimum absolute atomic E-state index is 0.133. The molecule has 2 aliphatic heterocycles. The largest absolute Gasteiger partial charge is 0.396 e. The number of amides is 1. The molecule has 0 radical (unpaired) electrons. The van der Waals surface area contributed by atoms with E-state index in [-0.39, 0.29) is 17.9 Å². The molecule has 0 spiro atoms. The van der Waals surface area contributed by atoms with Gasteiger partial charge in [0, 0.05) is 18.5 Å². The molecule has 2 aromatic rings. The van der Waals surface area contributed by atoms with Gasteiger partial charge in [-0.25, -0.2) is 0 Å². The predicted octanol–water partition coefficient (Wildman–Crippen LogP) is 3.71. The standard InChI is InChI=1S/C26H34N2O2/c29-21-26(18-22-8-3-1-4-9-22)14-7-15-28(20-26)25(30)19-27-16-12-24(13-17-27)23-10-5-2-6-11-23/h1-6,8-11,24,29H,7,12-21H2/t26-/m1/s1. The first-order valence-corrected chi connectivity index (χ1v) is 11.4. The summed E-state index contributed by atoms with van der Waals surface area (Å²) in [4.78, 5) is 17.4. The van der Waals surface area contributed by atoms with E-state index in [0.717, 1.165) is 51.7 Å². The molecule has 30 heavy (non-hydrogen) atoms. The Morgan fingerprint density at radius 1 is 0.967 bits per heavy atom. The maximum Gasteiger partial charge on any atom is 0.236 e. The zero-order valence-electron chi connectivity index (χ0n) is 17.9. The molecule has 2 aliphatic rings. The second-order valence-corrected chi connectivity index (χ2v) is 9.20. The van der Waals surface area contributed by atoms with Gasteiger partial charge in [-0.1, -0.05) is 60.7 Å². The maximum atomic E-state index is 13.1. The Morgan fingerprint density at radius 2 is 1.63 bits per heavy atom. The highest BCUT2D eigenvalue weighted by Gasteiger charge is 2.37. The Hall–Kier alpha value is -2.17. The van der Waals surface area contributed by atoms with Gasteiger partial charge in [-0.05, 0) is 62.2 Å². The van der Waals surface area contributed by atoms with Gasteiger partial charge in [0.2, 0.25) is 5.91 Å². The summed E-state index contributed by atoms with van der Waals surface area (Å²) in [5, 5.41) is 10.2. The van der Waals surface area contributed by atoms with Crippen molar-refractivity contribution in [3.63, 3.8) is 0 Å². The van der Waals surface area contributed by atoms with Crippen molar-refractivity contribution in [3.05, 3.63) is 71.8 Å². The average Bonchev–Trinajstić information content (AvgIpc) is 2.81. The molecule has 4 rings (SSSR count). The van der Waals surface area contributed by atoms with E-state index in [0.29, 0.717) is 19.0 Å². The monoisotopic (exact) mass is 406 g/mol. The van der Waals surface area contributed by atoms with Gasteiger partial charge < -0.3 is 10.0 Å². The van der Waals surface area contributed by atoms with Crippen LogP contribution in [-0.4, -0.2) is 60.1 Å². The smallest absolute Gasteiger partial charge is 0.236 e. The number of rotatable bonds is 6. The molecule has 1 N–H and O–H groups in total. The van der Waals surface area contributed by atoms with E-state index >= 15 is 0 Å². The molecule has 160 valence electrons. The number of piperidine rings is 2. The van der Waals surface area contributed by atoms with Crippen molar-refractivity contribution in [2.45, 2.75) is 38.0 Å². The Kier molecular flexibility index (Phi) is 6.86. The number of benzene rings is 2. The first-order chi connectivity index (χ1) is 14.7. The summed E-state index contributed by atoms with van der Waals surface area (Å²) in [5.74, 6) is 0.833. The molecule has 0 aliphatic carbocycles. The first kappa shape index (κ1) is 21.1. The van der Waals surface area contributed by atoms with Crippen molar-refractivity contribution >= 4 is 5.91 Å². The van der Waals surface area contributed by atoms with Gasteiger partial charge in [0.15, 0.2) is 0 Å². The maximum absolute atomic E-state index is 13.1. The first-order valence-electron chi connectivity index (χ1n) is 11.4. The normalized spacial score (nSPS) is 23.4. The van der Waals surface area contributed by atoms with Gasteiger partial charge in [0.05, 0.1) is 13.2 Å². The van der Waals surface area contributed by atoms with Gasteiger partial charge in [-0.2, -0.15) is 0 Å². The summed E-state index contributed by atoms with van der Waals surface area (Å²) in [6, 6.07) is 21.1. The lowest BCUT2D eigenvalue weighted by Gasteiger charge is -2.43. The summed E-state index contributed by atoms with van der Waals surface area (Å²) in [6.45, 7) is 4.08. The molecule has 0 unspecified atom stereocenters. The Bertz CT molecular complexity index is 802. The van der Waals surface area contributed by atoms with Crippen LogP contribution in [0.15, 0.2) is 60.7 Å². The van der Waals surface area contributed by atoms with Gasteiger partial charge in [0.25, 0.3) is 0 Å². The summed E-state index contributed by atoms with van der Waals surface area (Å²) in [6.07, 6.45) is 5.01. The number of aliphatic hydroxyl groups excluding tert-OH is 1. The van der Waals surface area contributed by atoms with Crippen molar-refractivity contribution in [2.75, 3.05) is 39.3 Å². The van der Waals surface area contributed by atoms with E-state index in [9.17, 15) is 9.90 Å². The lowest BCUT2D eigenvalue weighted by Crippen LogP contribution is -2.52. The Balaban J connectivity index is 1.31. The quantitative estimate of drug-likeness (QED) is 0.795. The van der Waals surface area contributed by atoms with Crippen molar-refractivity contribution in [2.24, 2.45) is 5.41 Å². The minimum Gasteiger partial charge on any atom is -0.396 e. The fraction of sp³-hybridized carbons (Fsp3) is 0.500. The van der Waals surface area contributed by atoms with Crippen molar-refractivity contribution in [1.29, 1.82) is 0 Å². The van der Waals surface area contributed by atoms with Crippen LogP contribution >= 0.6 is 0 Å². The van der Waals surface area contributed by atoms with E-state index in [1.807, 2.05) is 23.1 Å². The molecule has 2 aromatic carbocycles. The number of hydrogen-bond donors (Lipinski definition) is 1. The van der Waals surface area contributed by atoms with Crippen molar-refractivity contribution < 1.29 is 9.90 Å². The molecule has 4 heteroatoms. The van der Waals surface area contributed by atoms with Crippen LogP contribution in [0.2, 0.25) is 0 Å². The highest BCUT2D eigenvalue weighted by atomic mass is 16.3. The second-order valence-electron chi connectivity index (χ2n) is 9.20. The van der Waals surface area contributed by atoms with Crippen LogP contribution in [0.4, 0.5) is 0 Å². The fourth-order valence-electron chi connectivity index (χ4n) is 5.22. The lowest BCUT2D eigenvalue weighted by molar-refractivity contribution is -0.137. The van der Waals surface area contributed by atoms with E-state index in [1.54, 1.807) is 0 Å². The summed E-state index contributed by atoms with van der Waals surface area (Å²) < 4.78 is 0. The molecule has 1 amide bonds. The Labute approximate surface area is 180 Å². The number of aliphatic hydroxyl groups is 1. The van der Waals surface area contributed by atoms with E-state index in [4.69, 9.17) is 0 Å². The van der Waals surface area contributed by atoms with E-state index in [2.05, 4.69) is 47.4 Å². The van der Waals surface area contributed by atoms with E-state index < -0.39 is 0 Å². The molecular weight excluding hydrogens is 372 g/mol. The minimum atomic E-state index is -0.213. The molecule has 2 heterocycles. The van der Waals surface area contributed by atoms with E-state index in [1.165, 1.54) is 11.1 Å². The summed E-state index contributed by atoms with van der Waals surface area (Å²) in [7, 11) is 0. The van der Waals surface area contributed by atoms with Gasteiger partial charge in [-0.15, -0.1) is 0 Å². The molecule has 2 saturated heterocycles. The number of nitrogens with zero attached hydrogens (tertiary/aromatic N) is 2. The average molecular weight is 407 g/mol. The zero-order valence-corrected chi connectivity index (χ0v) is 17.9. The highest BCUT2D eigenvalue weighted by Crippen LogP contribution is 2.34. The number of carbonyl (C=O) groups excluding carboxylic acids is 1. The molecule has 2 fully saturated rings. The third-order valence-electron chi connectivity index (χ3n) is 6.99. The van der Waals surface area contributed by atoms with Crippen LogP contribution in [0.5, 0.6) is 0 Å². The van der Waals surface area contributed by atoms with Crippen LogP contribution in [0.3, 0.4) is 0 Å². The molecule has 1 atom stereocenters. The topological polar surface area (TPSA) is 43.8 Å². The second kappa shape index (κ2) is 9.76.